The summed E-state index contributed by atoms with van der Waals surface area (Å²) in [6.07, 6.45) is 7.07. The first-order chi connectivity index (χ1) is 17.4. The van der Waals surface area contributed by atoms with E-state index in [0.717, 1.165) is 23.7 Å². The molecule has 1 atom stereocenters. The van der Waals surface area contributed by atoms with Gasteiger partial charge >= 0.3 is 0 Å². The van der Waals surface area contributed by atoms with Crippen molar-refractivity contribution >= 4 is 23.4 Å². The van der Waals surface area contributed by atoms with Crippen LogP contribution in [-0.2, 0) is 22.7 Å². The highest BCUT2D eigenvalue weighted by Crippen LogP contribution is 2.31. The molecule has 1 heterocycles. The Hall–Kier alpha value is -2.41. The quantitative estimate of drug-likeness (QED) is 0.402. The average Bonchev–Trinajstić information content (AvgIpc) is 3.22. The second-order valence-corrected chi connectivity index (χ2v) is 10.5. The molecule has 0 bridgehead atoms. The van der Waals surface area contributed by atoms with Gasteiger partial charge in [-0.15, -0.1) is 0 Å². The molecule has 2 fully saturated rings. The molecule has 2 aliphatic rings. The third-order valence-corrected chi connectivity index (χ3v) is 7.78. The summed E-state index contributed by atoms with van der Waals surface area (Å²) in [5.74, 6) is 0.998. The minimum absolute atomic E-state index is 0.139. The van der Waals surface area contributed by atoms with E-state index in [4.69, 9.17) is 16.3 Å². The van der Waals surface area contributed by atoms with Crippen LogP contribution in [0, 0.1) is 5.92 Å². The summed E-state index contributed by atoms with van der Waals surface area (Å²) in [4.78, 5) is 27.4. The lowest BCUT2D eigenvalue weighted by Crippen LogP contribution is -2.33. The van der Waals surface area contributed by atoms with E-state index in [-0.39, 0.29) is 50.5 Å². The van der Waals surface area contributed by atoms with E-state index >= 15 is 0 Å². The molecular weight excluding hydrogens is 476 g/mol. The minimum Gasteiger partial charge on any atom is -0.491 e. The standard InChI is InChI=1S/C29H37ClN2O4/c1-21(24-8-10-26(30)11-9-24)31(18-22-5-3-2-4-6-22)19-23-7-12-27(25(17-23)20-33)36-16-15-32-28(34)13-14-29(32)35/h7-12,17,21-22,33H,2-6,13-16,18-20H2,1H3. The first kappa shape index (κ1) is 26.6. The Morgan fingerprint density at radius 1 is 1.06 bits per heavy atom. The number of imide groups is 1. The molecule has 1 N–H and O–H groups in total. The van der Waals surface area contributed by atoms with Crippen LogP contribution in [0.5, 0.6) is 5.75 Å². The first-order valence-corrected chi connectivity index (χ1v) is 13.5. The number of carbonyl (C=O) groups is 2. The largest absolute Gasteiger partial charge is 0.491 e. The van der Waals surface area contributed by atoms with Crippen molar-refractivity contribution in [3.05, 3.63) is 64.2 Å². The molecule has 2 amide bonds. The van der Waals surface area contributed by atoms with Crippen LogP contribution >= 0.6 is 11.6 Å². The number of aliphatic hydroxyl groups is 1. The smallest absolute Gasteiger partial charge is 0.229 e. The summed E-state index contributed by atoms with van der Waals surface area (Å²) in [5.41, 5.74) is 3.07. The number of nitrogens with zero attached hydrogens (tertiary/aromatic N) is 2. The van der Waals surface area contributed by atoms with Crippen molar-refractivity contribution in [1.29, 1.82) is 0 Å². The van der Waals surface area contributed by atoms with Gasteiger partial charge < -0.3 is 9.84 Å². The Morgan fingerprint density at radius 2 is 1.75 bits per heavy atom. The minimum atomic E-state index is -0.144. The molecule has 194 valence electrons. The summed E-state index contributed by atoms with van der Waals surface area (Å²) in [5, 5.41) is 10.8. The van der Waals surface area contributed by atoms with Crippen LogP contribution in [0.15, 0.2) is 42.5 Å². The number of halogens is 1. The molecule has 0 spiro atoms. The molecule has 4 rings (SSSR count). The van der Waals surface area contributed by atoms with Gasteiger partial charge in [0.1, 0.15) is 12.4 Å². The maximum absolute atomic E-state index is 11.8. The highest BCUT2D eigenvalue weighted by molar-refractivity contribution is 6.30. The van der Waals surface area contributed by atoms with E-state index in [2.05, 4.69) is 24.0 Å². The molecular formula is C29H37ClN2O4. The van der Waals surface area contributed by atoms with Crippen molar-refractivity contribution in [2.24, 2.45) is 5.92 Å². The molecule has 7 heteroatoms. The summed E-state index contributed by atoms with van der Waals surface area (Å²) >= 11 is 6.13. The molecule has 2 aromatic rings. The Labute approximate surface area is 219 Å². The van der Waals surface area contributed by atoms with Gasteiger partial charge in [-0.2, -0.15) is 0 Å². The van der Waals surface area contributed by atoms with Crippen LogP contribution in [0.4, 0.5) is 0 Å². The van der Waals surface area contributed by atoms with E-state index in [1.807, 2.05) is 30.3 Å². The zero-order chi connectivity index (χ0) is 25.5. The predicted octanol–water partition coefficient (Wildman–Crippen LogP) is 5.50. The molecule has 6 nitrogen and oxygen atoms in total. The van der Waals surface area contributed by atoms with Gasteiger partial charge in [0.2, 0.25) is 11.8 Å². The number of carbonyl (C=O) groups excluding carboxylic acids is 2. The lowest BCUT2D eigenvalue weighted by molar-refractivity contribution is -0.138. The van der Waals surface area contributed by atoms with Gasteiger partial charge in [-0.25, -0.2) is 0 Å². The van der Waals surface area contributed by atoms with Crippen LogP contribution in [0.1, 0.15) is 74.6 Å². The topological polar surface area (TPSA) is 70.1 Å². The molecule has 1 saturated carbocycles. The monoisotopic (exact) mass is 512 g/mol. The molecule has 1 unspecified atom stereocenters. The Morgan fingerprint density at radius 3 is 2.42 bits per heavy atom. The zero-order valence-corrected chi connectivity index (χ0v) is 21.9. The molecule has 1 saturated heterocycles. The van der Waals surface area contributed by atoms with Crippen LogP contribution in [0.3, 0.4) is 0 Å². The molecule has 1 aliphatic heterocycles. The number of aliphatic hydroxyl groups excluding tert-OH is 1. The van der Waals surface area contributed by atoms with E-state index in [9.17, 15) is 14.7 Å². The lowest BCUT2D eigenvalue weighted by Gasteiger charge is -2.34. The van der Waals surface area contributed by atoms with Crippen LogP contribution in [0.25, 0.3) is 0 Å². The first-order valence-electron chi connectivity index (χ1n) is 13.1. The normalized spacial score (nSPS) is 17.7. The third-order valence-electron chi connectivity index (χ3n) is 7.53. The number of likely N-dealkylation sites (tertiary alicyclic amines) is 1. The van der Waals surface area contributed by atoms with Crippen molar-refractivity contribution in [2.75, 3.05) is 19.7 Å². The van der Waals surface area contributed by atoms with Gasteiger partial charge in [-0.1, -0.05) is 49.1 Å². The predicted molar refractivity (Wildman–Crippen MR) is 141 cm³/mol. The van der Waals surface area contributed by atoms with E-state index in [1.165, 1.54) is 42.6 Å². The maximum Gasteiger partial charge on any atom is 0.229 e. The summed E-state index contributed by atoms with van der Waals surface area (Å²) in [6.45, 7) is 4.36. The number of ether oxygens (including phenoxy) is 1. The number of hydrogen-bond acceptors (Lipinski definition) is 5. The molecule has 1 aliphatic carbocycles. The van der Waals surface area contributed by atoms with Gasteiger partial charge in [0, 0.05) is 42.6 Å². The van der Waals surface area contributed by atoms with Gasteiger partial charge in [-0.05, 0) is 61.1 Å². The van der Waals surface area contributed by atoms with Crippen molar-refractivity contribution in [3.63, 3.8) is 0 Å². The second kappa shape index (κ2) is 12.7. The molecule has 2 aromatic carbocycles. The Bertz CT molecular complexity index is 1020. The van der Waals surface area contributed by atoms with Crippen molar-refractivity contribution in [1.82, 2.24) is 9.80 Å². The molecule has 0 aromatic heterocycles. The maximum atomic E-state index is 11.8. The summed E-state index contributed by atoms with van der Waals surface area (Å²) in [6, 6.07) is 14.3. The van der Waals surface area contributed by atoms with Crippen LogP contribution < -0.4 is 4.74 Å². The molecule has 36 heavy (non-hydrogen) atoms. The second-order valence-electron chi connectivity index (χ2n) is 10.0. The SMILES string of the molecule is CC(c1ccc(Cl)cc1)N(Cc1ccc(OCCN2C(=O)CCC2=O)c(CO)c1)CC1CCCCC1. The van der Waals surface area contributed by atoms with Gasteiger partial charge in [-0.3, -0.25) is 19.4 Å². The number of benzene rings is 2. The Kier molecular flexibility index (Phi) is 9.41. The number of hydrogen-bond donors (Lipinski definition) is 1. The van der Waals surface area contributed by atoms with E-state index in [1.54, 1.807) is 0 Å². The van der Waals surface area contributed by atoms with E-state index < -0.39 is 0 Å². The molecule has 0 radical (unpaired) electrons. The third kappa shape index (κ3) is 6.87. The van der Waals surface area contributed by atoms with Crippen LogP contribution in [0.2, 0.25) is 5.02 Å². The summed E-state index contributed by atoms with van der Waals surface area (Å²) in [7, 11) is 0. The lowest BCUT2D eigenvalue weighted by atomic mass is 9.88. The average molecular weight is 513 g/mol. The van der Waals surface area contributed by atoms with Crippen molar-refractivity contribution in [3.8, 4) is 5.75 Å². The summed E-state index contributed by atoms with van der Waals surface area (Å²) < 4.78 is 5.86. The zero-order valence-electron chi connectivity index (χ0n) is 21.1. The Balaban J connectivity index is 1.45. The van der Waals surface area contributed by atoms with Gasteiger partial charge in [0.05, 0.1) is 13.2 Å². The fraction of sp³-hybridized carbons (Fsp3) is 0.517. The fourth-order valence-electron chi connectivity index (χ4n) is 5.36. The fourth-order valence-corrected chi connectivity index (χ4v) is 5.49. The highest BCUT2D eigenvalue weighted by atomic mass is 35.5. The number of rotatable bonds is 11. The van der Waals surface area contributed by atoms with Gasteiger partial charge in [0.15, 0.2) is 0 Å². The van der Waals surface area contributed by atoms with Gasteiger partial charge in [0.25, 0.3) is 0 Å². The highest BCUT2D eigenvalue weighted by Gasteiger charge is 2.28. The van der Waals surface area contributed by atoms with Crippen molar-refractivity contribution < 1.29 is 19.4 Å². The van der Waals surface area contributed by atoms with Crippen LogP contribution in [-0.4, -0.2) is 46.4 Å². The van der Waals surface area contributed by atoms with Crippen molar-refractivity contribution in [2.45, 2.75) is 71.1 Å². The van der Waals surface area contributed by atoms with E-state index in [0.29, 0.717) is 17.2 Å². The number of amides is 2.